The SMILES string of the molecule is O=C1CC(CCC(=O)C2CC2)Cc2[nH]c(-c3ccncc3)c(Cc3ccccc3)c21. The van der Waals surface area contributed by atoms with Crippen molar-refractivity contribution < 1.29 is 9.59 Å². The van der Waals surface area contributed by atoms with Gasteiger partial charge in [-0.15, -0.1) is 0 Å². The van der Waals surface area contributed by atoms with Crippen molar-refractivity contribution in [3.63, 3.8) is 0 Å². The Morgan fingerprint density at radius 3 is 2.53 bits per heavy atom. The molecular weight excluding hydrogens is 372 g/mol. The van der Waals surface area contributed by atoms with Crippen molar-refractivity contribution in [2.75, 3.05) is 0 Å². The zero-order valence-electron chi connectivity index (χ0n) is 17.1. The Morgan fingerprint density at radius 1 is 1.03 bits per heavy atom. The van der Waals surface area contributed by atoms with Crippen molar-refractivity contribution in [3.8, 4) is 11.3 Å². The quantitative estimate of drug-likeness (QED) is 0.597. The molecule has 0 radical (unpaired) electrons. The number of carbonyl (C=O) groups is 2. The molecule has 1 saturated carbocycles. The Hall–Kier alpha value is -3.01. The molecule has 2 aliphatic carbocycles. The Morgan fingerprint density at radius 2 is 1.80 bits per heavy atom. The number of hydrogen-bond acceptors (Lipinski definition) is 3. The monoisotopic (exact) mass is 398 g/mol. The summed E-state index contributed by atoms with van der Waals surface area (Å²) in [6.45, 7) is 0. The van der Waals surface area contributed by atoms with Gasteiger partial charge < -0.3 is 4.98 Å². The average molecular weight is 399 g/mol. The van der Waals surface area contributed by atoms with Gasteiger partial charge in [0, 0.05) is 54.4 Å². The molecule has 2 aromatic heterocycles. The lowest BCUT2D eigenvalue weighted by Gasteiger charge is -2.21. The van der Waals surface area contributed by atoms with Gasteiger partial charge in [0.1, 0.15) is 5.78 Å². The number of hydrogen-bond donors (Lipinski definition) is 1. The van der Waals surface area contributed by atoms with Gasteiger partial charge in [-0.3, -0.25) is 14.6 Å². The topological polar surface area (TPSA) is 62.8 Å². The van der Waals surface area contributed by atoms with Crippen molar-refractivity contribution in [1.82, 2.24) is 9.97 Å². The van der Waals surface area contributed by atoms with E-state index in [0.29, 0.717) is 24.5 Å². The molecule has 152 valence electrons. The molecule has 3 aromatic rings. The number of nitrogens with one attached hydrogen (secondary N) is 1. The Kier molecular flexibility index (Phi) is 5.07. The van der Waals surface area contributed by atoms with Gasteiger partial charge in [0.2, 0.25) is 0 Å². The summed E-state index contributed by atoms with van der Waals surface area (Å²) in [5, 5.41) is 0. The molecule has 4 nitrogen and oxygen atoms in total. The fourth-order valence-corrected chi connectivity index (χ4v) is 4.71. The van der Waals surface area contributed by atoms with Gasteiger partial charge in [-0.25, -0.2) is 0 Å². The summed E-state index contributed by atoms with van der Waals surface area (Å²) in [7, 11) is 0. The van der Waals surface area contributed by atoms with E-state index in [4.69, 9.17) is 0 Å². The zero-order valence-corrected chi connectivity index (χ0v) is 17.1. The molecule has 0 saturated heterocycles. The van der Waals surface area contributed by atoms with Crippen LogP contribution in [0.15, 0.2) is 54.9 Å². The minimum atomic E-state index is 0.211. The highest BCUT2D eigenvalue weighted by Crippen LogP contribution is 2.38. The molecule has 2 aliphatic rings. The average Bonchev–Trinajstić information content (AvgIpc) is 3.56. The minimum Gasteiger partial charge on any atom is -0.358 e. The second-order valence-corrected chi connectivity index (χ2v) is 8.71. The van der Waals surface area contributed by atoms with E-state index in [-0.39, 0.29) is 11.7 Å². The number of rotatable bonds is 7. The molecule has 1 aromatic carbocycles. The van der Waals surface area contributed by atoms with Crippen LogP contribution in [0.5, 0.6) is 0 Å². The molecule has 1 unspecified atom stereocenters. The third kappa shape index (κ3) is 3.87. The van der Waals surface area contributed by atoms with E-state index in [0.717, 1.165) is 60.2 Å². The van der Waals surface area contributed by atoms with E-state index in [1.54, 1.807) is 12.4 Å². The van der Waals surface area contributed by atoms with Crippen LogP contribution in [0.25, 0.3) is 11.3 Å². The Bertz CT molecular complexity index is 1070. The Labute approximate surface area is 176 Å². The maximum Gasteiger partial charge on any atom is 0.165 e. The minimum absolute atomic E-state index is 0.211. The highest BCUT2D eigenvalue weighted by Gasteiger charge is 2.33. The van der Waals surface area contributed by atoms with Crippen LogP contribution in [0.1, 0.15) is 59.3 Å². The molecule has 1 atom stereocenters. The first-order valence-corrected chi connectivity index (χ1v) is 10.9. The van der Waals surface area contributed by atoms with Crippen molar-refractivity contribution in [2.24, 2.45) is 11.8 Å². The molecule has 0 aliphatic heterocycles. The first-order chi connectivity index (χ1) is 14.7. The van der Waals surface area contributed by atoms with Crippen molar-refractivity contribution in [2.45, 2.75) is 44.9 Å². The number of pyridine rings is 1. The van der Waals surface area contributed by atoms with Gasteiger partial charge in [-0.1, -0.05) is 30.3 Å². The summed E-state index contributed by atoms with van der Waals surface area (Å²) in [6, 6.07) is 14.3. The zero-order chi connectivity index (χ0) is 20.5. The number of benzene rings is 1. The van der Waals surface area contributed by atoms with Crippen LogP contribution >= 0.6 is 0 Å². The summed E-state index contributed by atoms with van der Waals surface area (Å²) in [4.78, 5) is 33.1. The molecule has 0 bridgehead atoms. The van der Waals surface area contributed by atoms with Crippen LogP contribution in [0.3, 0.4) is 0 Å². The standard InChI is InChI=1S/C26H26N2O2/c29-23(19-7-8-19)9-6-18-15-22-25(24(30)16-18)21(14-17-4-2-1-3-5-17)26(28-22)20-10-12-27-13-11-20/h1-5,10-13,18-19,28H,6-9,14-16H2. The molecule has 5 rings (SSSR count). The van der Waals surface area contributed by atoms with E-state index in [9.17, 15) is 9.59 Å². The lowest BCUT2D eigenvalue weighted by atomic mass is 9.81. The summed E-state index contributed by atoms with van der Waals surface area (Å²) in [5.41, 5.74) is 6.26. The second-order valence-electron chi connectivity index (χ2n) is 8.71. The Balaban J connectivity index is 1.46. The largest absolute Gasteiger partial charge is 0.358 e. The summed E-state index contributed by atoms with van der Waals surface area (Å²) in [5.74, 6) is 1.16. The normalized spacial score (nSPS) is 18.3. The lowest BCUT2D eigenvalue weighted by molar-refractivity contribution is -0.120. The number of carbonyl (C=O) groups excluding carboxylic acids is 2. The van der Waals surface area contributed by atoms with Gasteiger partial charge in [0.05, 0.1) is 5.69 Å². The number of nitrogens with zero attached hydrogens (tertiary/aromatic N) is 1. The number of aromatic amines is 1. The van der Waals surface area contributed by atoms with Gasteiger partial charge in [-0.2, -0.15) is 0 Å². The van der Waals surface area contributed by atoms with Gasteiger partial charge in [0.25, 0.3) is 0 Å². The third-order valence-corrected chi connectivity index (χ3v) is 6.45. The molecule has 1 N–H and O–H groups in total. The fourth-order valence-electron chi connectivity index (χ4n) is 4.71. The lowest BCUT2D eigenvalue weighted by Crippen LogP contribution is -2.21. The molecule has 30 heavy (non-hydrogen) atoms. The van der Waals surface area contributed by atoms with E-state index in [1.807, 2.05) is 30.3 Å². The molecule has 1 fully saturated rings. The summed E-state index contributed by atoms with van der Waals surface area (Å²) < 4.78 is 0. The summed E-state index contributed by atoms with van der Waals surface area (Å²) >= 11 is 0. The van der Waals surface area contributed by atoms with Crippen molar-refractivity contribution in [3.05, 3.63) is 77.2 Å². The highest BCUT2D eigenvalue weighted by atomic mass is 16.1. The number of ketones is 2. The molecule has 0 spiro atoms. The van der Waals surface area contributed by atoms with Crippen LogP contribution in [0, 0.1) is 11.8 Å². The third-order valence-electron chi connectivity index (χ3n) is 6.45. The number of Topliss-reactive ketones (excluding diaryl/α,β-unsaturated/α-hetero) is 2. The molecule has 4 heteroatoms. The first-order valence-electron chi connectivity index (χ1n) is 10.9. The van der Waals surface area contributed by atoms with Crippen molar-refractivity contribution in [1.29, 1.82) is 0 Å². The van der Waals surface area contributed by atoms with Crippen LogP contribution in [-0.4, -0.2) is 21.5 Å². The van der Waals surface area contributed by atoms with E-state index in [2.05, 4.69) is 22.1 Å². The maximum absolute atomic E-state index is 13.2. The van der Waals surface area contributed by atoms with Gasteiger partial charge >= 0.3 is 0 Å². The van der Waals surface area contributed by atoms with E-state index >= 15 is 0 Å². The predicted molar refractivity (Wildman–Crippen MR) is 116 cm³/mol. The predicted octanol–water partition coefficient (Wildman–Crippen LogP) is 5.17. The maximum atomic E-state index is 13.2. The van der Waals surface area contributed by atoms with E-state index < -0.39 is 0 Å². The smallest absolute Gasteiger partial charge is 0.165 e. The molecular formula is C26H26N2O2. The van der Waals surface area contributed by atoms with Crippen LogP contribution in [0.4, 0.5) is 0 Å². The van der Waals surface area contributed by atoms with Crippen molar-refractivity contribution >= 4 is 11.6 Å². The van der Waals surface area contributed by atoms with Crippen LogP contribution in [0.2, 0.25) is 0 Å². The molecule has 0 amide bonds. The van der Waals surface area contributed by atoms with Crippen LogP contribution in [-0.2, 0) is 17.6 Å². The van der Waals surface area contributed by atoms with Gasteiger partial charge in [-0.05, 0) is 54.9 Å². The number of aromatic nitrogens is 2. The summed E-state index contributed by atoms with van der Waals surface area (Å²) in [6.07, 6.45) is 9.23. The fraction of sp³-hybridized carbons (Fsp3) is 0.346. The number of fused-ring (bicyclic) bond motifs is 1. The molecule has 2 heterocycles. The van der Waals surface area contributed by atoms with Crippen LogP contribution < -0.4 is 0 Å². The number of H-pyrrole nitrogens is 1. The second kappa shape index (κ2) is 8.02. The first kappa shape index (κ1) is 19.0. The van der Waals surface area contributed by atoms with Gasteiger partial charge in [0.15, 0.2) is 5.78 Å². The highest BCUT2D eigenvalue weighted by molar-refractivity contribution is 6.02. The van der Waals surface area contributed by atoms with E-state index in [1.165, 1.54) is 5.56 Å².